The van der Waals surface area contributed by atoms with E-state index in [1.165, 1.54) is 22.8 Å². The first kappa shape index (κ1) is 15.1. The Labute approximate surface area is 134 Å². The Kier molecular flexibility index (Phi) is 3.79. The fourth-order valence-electron chi connectivity index (χ4n) is 2.08. The van der Waals surface area contributed by atoms with E-state index in [4.69, 9.17) is 16.0 Å². The predicted molar refractivity (Wildman–Crippen MR) is 85.5 cm³/mol. The highest BCUT2D eigenvalue weighted by molar-refractivity contribution is 6.31. The van der Waals surface area contributed by atoms with Crippen molar-refractivity contribution in [2.75, 3.05) is 10.6 Å². The minimum Gasteiger partial charge on any atom is -0.408 e. The average molecular weight is 336 g/mol. The number of carbonyl (C=O) groups is 1. The molecule has 0 saturated carbocycles. The molecule has 0 spiro atoms. The largest absolute Gasteiger partial charge is 0.419 e. The lowest BCUT2D eigenvalue weighted by Gasteiger charge is -2.08. The molecule has 1 aromatic heterocycles. The van der Waals surface area contributed by atoms with E-state index >= 15 is 0 Å². The standard InChI is InChI=1S/C15H11ClFN3O3/c1-20-12-5-3-9(7-13(12)23-15(20)22)19-14(21)18-8-2-4-11(17)10(16)6-8/h2-7H,1H3,(H2,18,19,21). The smallest absolute Gasteiger partial charge is 0.408 e. The fourth-order valence-corrected chi connectivity index (χ4v) is 2.26. The quantitative estimate of drug-likeness (QED) is 0.751. The molecule has 2 aromatic carbocycles. The molecule has 0 bridgehead atoms. The first-order chi connectivity index (χ1) is 10.9. The Morgan fingerprint density at radius 3 is 2.52 bits per heavy atom. The molecular formula is C15H11ClFN3O3. The SMILES string of the molecule is Cn1c(=O)oc2cc(NC(=O)Nc3ccc(F)c(Cl)c3)ccc21. The lowest BCUT2D eigenvalue weighted by Crippen LogP contribution is -2.19. The van der Waals surface area contributed by atoms with Gasteiger partial charge in [0.05, 0.1) is 10.5 Å². The van der Waals surface area contributed by atoms with Gasteiger partial charge in [-0.05, 0) is 30.3 Å². The number of amides is 2. The van der Waals surface area contributed by atoms with E-state index < -0.39 is 17.6 Å². The van der Waals surface area contributed by atoms with Crippen molar-refractivity contribution in [3.05, 3.63) is 57.8 Å². The maximum Gasteiger partial charge on any atom is 0.419 e. The highest BCUT2D eigenvalue weighted by atomic mass is 35.5. The third kappa shape index (κ3) is 3.04. The molecule has 2 amide bonds. The number of fused-ring (bicyclic) bond motifs is 1. The summed E-state index contributed by atoms with van der Waals surface area (Å²) in [7, 11) is 1.59. The van der Waals surface area contributed by atoms with Gasteiger partial charge in [-0.25, -0.2) is 14.0 Å². The zero-order valence-electron chi connectivity index (χ0n) is 11.9. The molecule has 1 heterocycles. The molecule has 8 heteroatoms. The van der Waals surface area contributed by atoms with E-state index in [9.17, 15) is 14.0 Å². The molecule has 2 N–H and O–H groups in total. The van der Waals surface area contributed by atoms with Gasteiger partial charge in [-0.3, -0.25) is 4.57 Å². The van der Waals surface area contributed by atoms with Gasteiger partial charge in [-0.15, -0.1) is 0 Å². The van der Waals surface area contributed by atoms with E-state index in [1.54, 1.807) is 19.2 Å². The van der Waals surface area contributed by atoms with Gasteiger partial charge in [-0.2, -0.15) is 0 Å². The minimum atomic E-state index is -0.567. The molecule has 0 radical (unpaired) electrons. The summed E-state index contributed by atoms with van der Waals surface area (Å²) in [4.78, 5) is 23.4. The number of carbonyl (C=O) groups excluding carboxylic acids is 1. The van der Waals surface area contributed by atoms with Gasteiger partial charge in [0, 0.05) is 24.5 Å². The van der Waals surface area contributed by atoms with Gasteiger partial charge in [-0.1, -0.05) is 11.6 Å². The van der Waals surface area contributed by atoms with E-state index in [2.05, 4.69) is 10.6 Å². The molecular weight excluding hydrogens is 325 g/mol. The van der Waals surface area contributed by atoms with Gasteiger partial charge in [0.25, 0.3) is 0 Å². The van der Waals surface area contributed by atoms with E-state index in [-0.39, 0.29) is 5.02 Å². The number of hydrogen-bond acceptors (Lipinski definition) is 3. The first-order valence-corrected chi connectivity index (χ1v) is 6.94. The number of rotatable bonds is 2. The summed E-state index contributed by atoms with van der Waals surface area (Å²) in [5, 5.41) is 5.02. The number of anilines is 2. The average Bonchev–Trinajstić information content (AvgIpc) is 2.77. The number of nitrogens with one attached hydrogen (secondary N) is 2. The van der Waals surface area contributed by atoms with Crippen molar-refractivity contribution >= 4 is 40.1 Å². The highest BCUT2D eigenvalue weighted by Gasteiger charge is 2.09. The number of oxazole rings is 1. The summed E-state index contributed by atoms with van der Waals surface area (Å²) in [6, 6.07) is 8.14. The van der Waals surface area contributed by atoms with Crippen LogP contribution in [0.3, 0.4) is 0 Å². The fraction of sp³-hybridized carbons (Fsp3) is 0.0667. The van der Waals surface area contributed by atoms with Crippen LogP contribution in [0.1, 0.15) is 0 Å². The monoisotopic (exact) mass is 335 g/mol. The minimum absolute atomic E-state index is 0.0877. The van der Waals surface area contributed by atoms with E-state index in [0.29, 0.717) is 22.5 Å². The number of aromatic nitrogens is 1. The highest BCUT2D eigenvalue weighted by Crippen LogP contribution is 2.20. The number of urea groups is 1. The van der Waals surface area contributed by atoms with Gasteiger partial charge >= 0.3 is 11.8 Å². The number of hydrogen-bond donors (Lipinski definition) is 2. The summed E-state index contributed by atoms with van der Waals surface area (Å²) in [5.41, 5.74) is 1.77. The van der Waals surface area contributed by atoms with Crippen LogP contribution in [0.25, 0.3) is 11.1 Å². The van der Waals surface area contributed by atoms with Gasteiger partial charge in [0.1, 0.15) is 5.82 Å². The Morgan fingerprint density at radius 1 is 1.17 bits per heavy atom. The van der Waals surface area contributed by atoms with Crippen molar-refractivity contribution in [3.63, 3.8) is 0 Å². The van der Waals surface area contributed by atoms with Crippen LogP contribution in [0.4, 0.5) is 20.6 Å². The maximum atomic E-state index is 13.1. The Balaban J connectivity index is 1.77. The number of benzene rings is 2. The summed E-state index contributed by atoms with van der Waals surface area (Å²) < 4.78 is 19.5. The van der Waals surface area contributed by atoms with Gasteiger partial charge in [0.15, 0.2) is 5.58 Å². The van der Waals surface area contributed by atoms with Crippen LogP contribution in [0.15, 0.2) is 45.6 Å². The molecule has 3 aromatic rings. The van der Waals surface area contributed by atoms with Crippen LogP contribution in [-0.2, 0) is 7.05 Å². The summed E-state index contributed by atoms with van der Waals surface area (Å²) >= 11 is 5.65. The maximum absolute atomic E-state index is 13.1. The Hall–Kier alpha value is -2.80. The summed E-state index contributed by atoms with van der Waals surface area (Å²) in [6.07, 6.45) is 0. The third-order valence-electron chi connectivity index (χ3n) is 3.23. The molecule has 3 rings (SSSR count). The molecule has 0 atom stereocenters. The molecule has 0 unspecified atom stereocenters. The van der Waals surface area contributed by atoms with Crippen molar-refractivity contribution in [2.24, 2.45) is 7.05 Å². The molecule has 118 valence electrons. The normalized spacial score (nSPS) is 10.7. The van der Waals surface area contributed by atoms with Crippen LogP contribution in [-0.4, -0.2) is 10.6 Å². The van der Waals surface area contributed by atoms with Crippen LogP contribution >= 0.6 is 11.6 Å². The van der Waals surface area contributed by atoms with Crippen LogP contribution < -0.4 is 16.4 Å². The van der Waals surface area contributed by atoms with Crippen molar-refractivity contribution in [1.29, 1.82) is 0 Å². The second kappa shape index (κ2) is 5.77. The number of halogens is 2. The summed E-state index contributed by atoms with van der Waals surface area (Å²) in [6.45, 7) is 0. The van der Waals surface area contributed by atoms with Crippen molar-refractivity contribution < 1.29 is 13.6 Å². The predicted octanol–water partition coefficient (Wildman–Crippen LogP) is 3.57. The lowest BCUT2D eigenvalue weighted by molar-refractivity contribution is 0.262. The second-order valence-corrected chi connectivity index (χ2v) is 5.22. The molecule has 0 saturated heterocycles. The Morgan fingerprint density at radius 2 is 1.83 bits per heavy atom. The van der Waals surface area contributed by atoms with Crippen molar-refractivity contribution in [1.82, 2.24) is 4.57 Å². The lowest BCUT2D eigenvalue weighted by atomic mass is 10.3. The first-order valence-electron chi connectivity index (χ1n) is 6.56. The zero-order chi connectivity index (χ0) is 16.6. The number of nitrogens with zero attached hydrogens (tertiary/aromatic N) is 1. The van der Waals surface area contributed by atoms with Gasteiger partial charge in [0.2, 0.25) is 0 Å². The van der Waals surface area contributed by atoms with Crippen LogP contribution in [0, 0.1) is 5.82 Å². The van der Waals surface area contributed by atoms with E-state index in [1.807, 2.05) is 0 Å². The van der Waals surface area contributed by atoms with Gasteiger partial charge < -0.3 is 15.1 Å². The Bertz CT molecular complexity index is 964. The van der Waals surface area contributed by atoms with Crippen molar-refractivity contribution in [3.8, 4) is 0 Å². The molecule has 6 nitrogen and oxygen atoms in total. The zero-order valence-corrected chi connectivity index (χ0v) is 12.6. The molecule has 0 fully saturated rings. The summed E-state index contributed by atoms with van der Waals surface area (Å²) in [5.74, 6) is -1.05. The molecule has 23 heavy (non-hydrogen) atoms. The third-order valence-corrected chi connectivity index (χ3v) is 3.52. The second-order valence-electron chi connectivity index (χ2n) is 4.82. The molecule has 0 aliphatic rings. The molecule has 0 aliphatic carbocycles. The van der Waals surface area contributed by atoms with Crippen LogP contribution in [0.2, 0.25) is 5.02 Å². The number of aryl methyl sites for hydroxylation is 1. The van der Waals surface area contributed by atoms with Crippen molar-refractivity contribution in [2.45, 2.75) is 0 Å². The van der Waals surface area contributed by atoms with E-state index in [0.717, 1.165) is 6.07 Å². The van der Waals surface area contributed by atoms with Crippen LogP contribution in [0.5, 0.6) is 0 Å². The topological polar surface area (TPSA) is 76.3 Å². The molecule has 0 aliphatic heterocycles.